The van der Waals surface area contributed by atoms with E-state index in [0.29, 0.717) is 12.0 Å². The number of thioether (sulfide) groups is 1. The number of hydrogen-bond donors (Lipinski definition) is 1. The summed E-state index contributed by atoms with van der Waals surface area (Å²) in [5.41, 5.74) is 1.18. The molecule has 2 heterocycles. The standard InChI is InChI=1S/C18H24N2OS.ClH/c21-17(20-14-6-2-1-3-7-14)15-12-13-9-11-19-16-8-4-5-10-18(13,16)22-15;/h4-5,8,10,13-15H,1-3,6-7,9,11-12H2,(H,20,21);1H. The number of carbonyl (C=O) groups excluding carboxylic acids is 1. The van der Waals surface area contributed by atoms with E-state index in [2.05, 4.69) is 29.6 Å². The monoisotopic (exact) mass is 352 g/mol. The Balaban J connectivity index is 0.00000156. The van der Waals surface area contributed by atoms with Gasteiger partial charge in [0.2, 0.25) is 5.91 Å². The van der Waals surface area contributed by atoms with Gasteiger partial charge in [0.25, 0.3) is 0 Å². The van der Waals surface area contributed by atoms with Crippen molar-refractivity contribution in [3.63, 3.8) is 0 Å². The minimum Gasteiger partial charge on any atom is -0.352 e. The fourth-order valence-electron chi connectivity index (χ4n) is 4.37. The van der Waals surface area contributed by atoms with Crippen LogP contribution < -0.4 is 5.32 Å². The fraction of sp³-hybridized carbons (Fsp3) is 0.667. The van der Waals surface area contributed by atoms with Crippen molar-refractivity contribution in [3.8, 4) is 0 Å². The Kier molecular flexibility index (Phi) is 5.22. The largest absolute Gasteiger partial charge is 0.352 e. The summed E-state index contributed by atoms with van der Waals surface area (Å²) in [4.78, 5) is 17.4. The molecule has 2 aliphatic heterocycles. The summed E-state index contributed by atoms with van der Waals surface area (Å²) in [6, 6.07) is 0.414. The second-order valence-electron chi connectivity index (χ2n) is 6.95. The summed E-state index contributed by atoms with van der Waals surface area (Å²) < 4.78 is -0.0262. The van der Waals surface area contributed by atoms with Gasteiger partial charge in [0.1, 0.15) is 0 Å². The molecule has 1 saturated carbocycles. The molecule has 4 rings (SSSR count). The number of nitrogens with one attached hydrogen (secondary N) is 1. The molecular formula is C18H25ClN2OS. The van der Waals surface area contributed by atoms with Gasteiger partial charge < -0.3 is 5.32 Å². The first-order chi connectivity index (χ1) is 10.8. The van der Waals surface area contributed by atoms with E-state index in [0.717, 1.165) is 32.2 Å². The highest BCUT2D eigenvalue weighted by Gasteiger charge is 2.52. The molecule has 0 bridgehead atoms. The zero-order chi connectivity index (χ0) is 15.0. The first kappa shape index (κ1) is 17.1. The van der Waals surface area contributed by atoms with E-state index in [9.17, 15) is 4.79 Å². The van der Waals surface area contributed by atoms with Crippen molar-refractivity contribution in [2.75, 3.05) is 6.54 Å². The molecule has 1 amide bonds. The molecule has 3 atom stereocenters. The Morgan fingerprint density at radius 2 is 2.04 bits per heavy atom. The molecule has 3 unspecified atom stereocenters. The van der Waals surface area contributed by atoms with Gasteiger partial charge in [-0.3, -0.25) is 9.79 Å². The fourth-order valence-corrected chi connectivity index (χ4v) is 6.16. The van der Waals surface area contributed by atoms with Gasteiger partial charge in [0.05, 0.1) is 15.7 Å². The molecule has 4 aliphatic rings. The van der Waals surface area contributed by atoms with Crippen LogP contribution in [0.2, 0.25) is 0 Å². The molecule has 5 heteroatoms. The second-order valence-corrected chi connectivity index (χ2v) is 8.43. The Bertz CT molecular complexity index is 553. The number of aliphatic imine (C=N–C) groups is 1. The minimum atomic E-state index is -0.0262. The summed E-state index contributed by atoms with van der Waals surface area (Å²) in [6.45, 7) is 0.914. The van der Waals surface area contributed by atoms with E-state index in [1.165, 1.54) is 25.0 Å². The SMILES string of the molecule is Cl.O=C(NC1CCCCC1)C1CC2CCN=C3C=CC=CC32S1. The van der Waals surface area contributed by atoms with Gasteiger partial charge in [-0.1, -0.05) is 37.5 Å². The van der Waals surface area contributed by atoms with Crippen LogP contribution in [0.4, 0.5) is 0 Å². The highest BCUT2D eigenvalue weighted by atomic mass is 35.5. The Morgan fingerprint density at radius 1 is 1.22 bits per heavy atom. The van der Waals surface area contributed by atoms with Gasteiger partial charge in [-0.2, -0.15) is 0 Å². The van der Waals surface area contributed by atoms with Crippen LogP contribution >= 0.6 is 24.2 Å². The summed E-state index contributed by atoms with van der Waals surface area (Å²) in [5.74, 6) is 0.830. The number of amides is 1. The van der Waals surface area contributed by atoms with E-state index in [1.807, 2.05) is 11.8 Å². The van der Waals surface area contributed by atoms with E-state index >= 15 is 0 Å². The van der Waals surface area contributed by atoms with Crippen LogP contribution in [-0.2, 0) is 4.79 Å². The van der Waals surface area contributed by atoms with Gasteiger partial charge >= 0.3 is 0 Å². The topological polar surface area (TPSA) is 41.5 Å². The molecule has 0 aromatic rings. The van der Waals surface area contributed by atoms with Crippen molar-refractivity contribution in [1.29, 1.82) is 0 Å². The van der Waals surface area contributed by atoms with E-state index < -0.39 is 0 Å². The van der Waals surface area contributed by atoms with Crippen LogP contribution in [0.1, 0.15) is 44.9 Å². The Morgan fingerprint density at radius 3 is 2.87 bits per heavy atom. The lowest BCUT2D eigenvalue weighted by atomic mass is 9.78. The first-order valence-electron chi connectivity index (χ1n) is 8.67. The maximum Gasteiger partial charge on any atom is 0.233 e. The smallest absolute Gasteiger partial charge is 0.233 e. The summed E-state index contributed by atoms with van der Waals surface area (Å²) in [6.07, 6.45) is 16.9. The first-order valence-corrected chi connectivity index (χ1v) is 9.55. The predicted molar refractivity (Wildman–Crippen MR) is 99.7 cm³/mol. The minimum absolute atomic E-state index is 0. The predicted octanol–water partition coefficient (Wildman–Crippen LogP) is 3.69. The van der Waals surface area contributed by atoms with Crippen molar-refractivity contribution in [2.45, 2.75) is 61.0 Å². The molecule has 1 N–H and O–H groups in total. The Hall–Kier alpha value is -0.740. The second kappa shape index (κ2) is 7.02. The quantitative estimate of drug-likeness (QED) is 0.823. The average molecular weight is 353 g/mol. The van der Waals surface area contributed by atoms with Crippen LogP contribution in [-0.4, -0.2) is 34.2 Å². The van der Waals surface area contributed by atoms with E-state index in [1.54, 1.807) is 0 Å². The molecule has 1 spiro atoms. The lowest BCUT2D eigenvalue weighted by molar-refractivity contribution is -0.121. The molecule has 0 radical (unpaired) electrons. The highest BCUT2D eigenvalue weighted by molar-refractivity contribution is 8.03. The highest BCUT2D eigenvalue weighted by Crippen LogP contribution is 2.53. The van der Waals surface area contributed by atoms with Gasteiger partial charge in [-0.05, 0) is 37.7 Å². The third-order valence-electron chi connectivity index (χ3n) is 5.56. The molecule has 23 heavy (non-hydrogen) atoms. The molecule has 2 aliphatic carbocycles. The van der Waals surface area contributed by atoms with Gasteiger partial charge in [-0.25, -0.2) is 0 Å². The maximum absolute atomic E-state index is 12.7. The summed E-state index contributed by atoms with van der Waals surface area (Å²) >= 11 is 1.84. The number of halogens is 1. The third kappa shape index (κ3) is 3.12. The van der Waals surface area contributed by atoms with Crippen LogP contribution in [0, 0.1) is 5.92 Å². The van der Waals surface area contributed by atoms with Crippen LogP contribution in [0.15, 0.2) is 29.3 Å². The number of carbonyl (C=O) groups is 1. The lowest BCUT2D eigenvalue weighted by Gasteiger charge is -2.36. The number of nitrogens with zero attached hydrogens (tertiary/aromatic N) is 1. The van der Waals surface area contributed by atoms with E-state index in [4.69, 9.17) is 4.99 Å². The van der Waals surface area contributed by atoms with Crippen molar-refractivity contribution < 1.29 is 4.79 Å². The molecule has 126 valence electrons. The number of allylic oxidation sites excluding steroid dienone is 3. The van der Waals surface area contributed by atoms with Gasteiger partial charge in [0, 0.05) is 12.6 Å². The molecule has 0 aromatic heterocycles. The molecule has 0 aromatic carbocycles. The lowest BCUT2D eigenvalue weighted by Crippen LogP contribution is -2.41. The van der Waals surface area contributed by atoms with Crippen molar-refractivity contribution in [3.05, 3.63) is 24.3 Å². The Labute approximate surface area is 148 Å². The van der Waals surface area contributed by atoms with Crippen LogP contribution in [0.25, 0.3) is 0 Å². The van der Waals surface area contributed by atoms with Gasteiger partial charge in [-0.15, -0.1) is 24.2 Å². The number of hydrogen-bond acceptors (Lipinski definition) is 3. The van der Waals surface area contributed by atoms with Crippen molar-refractivity contribution >= 4 is 35.8 Å². The zero-order valence-corrected chi connectivity index (χ0v) is 15.0. The molecule has 3 nitrogen and oxygen atoms in total. The van der Waals surface area contributed by atoms with Crippen LogP contribution in [0.5, 0.6) is 0 Å². The number of rotatable bonds is 2. The third-order valence-corrected chi connectivity index (χ3v) is 7.32. The van der Waals surface area contributed by atoms with E-state index in [-0.39, 0.29) is 28.3 Å². The summed E-state index contributed by atoms with van der Waals surface area (Å²) in [5, 5.41) is 3.41. The maximum atomic E-state index is 12.7. The molecule has 2 fully saturated rings. The van der Waals surface area contributed by atoms with Crippen molar-refractivity contribution in [2.24, 2.45) is 10.9 Å². The molecule has 1 saturated heterocycles. The normalized spacial score (nSPS) is 35.7. The van der Waals surface area contributed by atoms with Crippen LogP contribution in [0.3, 0.4) is 0 Å². The summed E-state index contributed by atoms with van der Waals surface area (Å²) in [7, 11) is 0. The van der Waals surface area contributed by atoms with Crippen molar-refractivity contribution in [1.82, 2.24) is 5.32 Å². The van der Waals surface area contributed by atoms with Gasteiger partial charge in [0.15, 0.2) is 0 Å². The average Bonchev–Trinajstić information content (AvgIpc) is 2.93. The zero-order valence-electron chi connectivity index (χ0n) is 13.4. The molecular weight excluding hydrogens is 328 g/mol.